The predicted molar refractivity (Wildman–Crippen MR) is 243 cm³/mol. The standard InChI is InChI=1S/C49H49F2N11O6/c1-2-68-36-21-38(44-33(22-52)24-54-62(44)28-36)31-4-9-42(53-23-31)59-13-11-49(12-14-59,56-45(64)39-20-34(50)5-7-40(39)51)29-57-15-17-58(18-16-57)35-26-60(27-35)47(66)30-3-6-37-32(19-30)25-61(48(37)67)41-8-10-43(63)55-46(41)65/h3-7,9,19-21,23-24,28,35,41H,2,8,10-18,25-27,29H2,1H3,(H,56,64)(H,55,63,65). The number of piperazine rings is 1. The number of pyridine rings is 2. The van der Waals surface area contributed by atoms with E-state index in [1.165, 1.54) is 11.1 Å². The van der Waals surface area contributed by atoms with Crippen LogP contribution in [-0.2, 0) is 16.1 Å². The van der Waals surface area contributed by atoms with Crippen LogP contribution in [0.3, 0.4) is 0 Å². The maximum absolute atomic E-state index is 14.9. The maximum Gasteiger partial charge on any atom is 0.255 e. The number of nitrogens with one attached hydrogen (secondary N) is 2. The molecule has 0 aliphatic carbocycles. The topological polar surface area (TPSA) is 189 Å². The summed E-state index contributed by atoms with van der Waals surface area (Å²) in [4.78, 5) is 79.6. The number of fused-ring (bicyclic) bond motifs is 2. The zero-order valence-corrected chi connectivity index (χ0v) is 37.4. The summed E-state index contributed by atoms with van der Waals surface area (Å²) in [6.07, 6.45) is 6.49. The van der Waals surface area contributed by atoms with Crippen LogP contribution >= 0.6 is 0 Å². The molecular formula is C49H49F2N11O6. The number of benzene rings is 2. The molecule has 0 saturated carbocycles. The molecule has 17 nitrogen and oxygen atoms in total. The van der Waals surface area contributed by atoms with Gasteiger partial charge in [0.15, 0.2) is 0 Å². The van der Waals surface area contributed by atoms with Crippen molar-refractivity contribution in [1.29, 1.82) is 5.26 Å². The van der Waals surface area contributed by atoms with Crippen molar-refractivity contribution >= 4 is 40.9 Å². The van der Waals surface area contributed by atoms with Crippen LogP contribution in [0.1, 0.15) is 74.8 Å². The number of nitriles is 1. The molecule has 3 aromatic heterocycles. The second-order valence-electron chi connectivity index (χ2n) is 18.2. The lowest BCUT2D eigenvalue weighted by Gasteiger charge is -2.50. The number of hydrogen-bond donors (Lipinski definition) is 2. The number of halogens is 2. The fourth-order valence-electron chi connectivity index (χ4n) is 10.3. The lowest BCUT2D eigenvalue weighted by molar-refractivity contribution is -0.136. The van der Waals surface area contributed by atoms with Crippen molar-refractivity contribution in [3.8, 4) is 22.9 Å². The number of imide groups is 1. The van der Waals surface area contributed by atoms with Gasteiger partial charge in [0.25, 0.3) is 17.7 Å². The van der Waals surface area contributed by atoms with Crippen LogP contribution in [0.2, 0.25) is 0 Å². The van der Waals surface area contributed by atoms with Crippen molar-refractivity contribution in [2.24, 2.45) is 0 Å². The summed E-state index contributed by atoms with van der Waals surface area (Å²) in [5, 5.41) is 19.6. The first-order valence-electron chi connectivity index (χ1n) is 23.0. The van der Waals surface area contributed by atoms with Crippen molar-refractivity contribution in [3.63, 3.8) is 0 Å². The van der Waals surface area contributed by atoms with Crippen LogP contribution in [0.15, 0.2) is 73.2 Å². The number of aromatic nitrogens is 3. The molecule has 1 unspecified atom stereocenters. The quantitative estimate of drug-likeness (QED) is 0.184. The zero-order chi connectivity index (χ0) is 47.3. The van der Waals surface area contributed by atoms with E-state index in [-0.39, 0.29) is 48.7 Å². The Bertz CT molecular complexity index is 2880. The van der Waals surface area contributed by atoms with Gasteiger partial charge in [0.1, 0.15) is 35.3 Å². The van der Waals surface area contributed by atoms with Gasteiger partial charge in [-0.15, -0.1) is 0 Å². The minimum absolute atomic E-state index is 0.128. The van der Waals surface area contributed by atoms with E-state index in [0.29, 0.717) is 98.8 Å². The Kier molecular flexibility index (Phi) is 11.8. The Labute approximate surface area is 390 Å². The third-order valence-electron chi connectivity index (χ3n) is 14.0. The Morgan fingerprint density at radius 3 is 2.47 bits per heavy atom. The lowest BCUT2D eigenvalue weighted by Crippen LogP contribution is -2.66. The fraction of sp³-hybridized carbons (Fsp3) is 0.388. The van der Waals surface area contributed by atoms with Crippen LogP contribution in [-0.4, -0.2) is 147 Å². The van der Waals surface area contributed by atoms with Crippen LogP contribution in [0, 0.1) is 23.0 Å². The number of anilines is 1. The van der Waals surface area contributed by atoms with Crippen LogP contribution in [0.5, 0.6) is 5.75 Å². The van der Waals surface area contributed by atoms with Gasteiger partial charge >= 0.3 is 0 Å². The van der Waals surface area contributed by atoms with Gasteiger partial charge in [-0.05, 0) is 86.3 Å². The second kappa shape index (κ2) is 18.1. The first-order valence-corrected chi connectivity index (χ1v) is 23.0. The molecule has 68 heavy (non-hydrogen) atoms. The van der Waals surface area contributed by atoms with Crippen LogP contribution in [0.4, 0.5) is 14.6 Å². The van der Waals surface area contributed by atoms with E-state index in [4.69, 9.17) is 9.72 Å². The molecule has 5 aliphatic rings. The minimum atomic E-state index is -0.799. The molecule has 0 spiro atoms. The summed E-state index contributed by atoms with van der Waals surface area (Å²) in [6.45, 7) is 8.11. The van der Waals surface area contributed by atoms with Crippen molar-refractivity contribution in [2.75, 3.05) is 70.4 Å². The lowest BCUT2D eigenvalue weighted by atomic mass is 9.85. The van der Waals surface area contributed by atoms with Gasteiger partial charge in [-0.1, -0.05) is 0 Å². The monoisotopic (exact) mass is 925 g/mol. The summed E-state index contributed by atoms with van der Waals surface area (Å²) < 4.78 is 36.6. The Morgan fingerprint density at radius 1 is 0.956 bits per heavy atom. The van der Waals surface area contributed by atoms with Crippen molar-refractivity contribution in [2.45, 2.75) is 56.8 Å². The Morgan fingerprint density at radius 2 is 1.75 bits per heavy atom. The van der Waals surface area contributed by atoms with Crippen molar-refractivity contribution in [3.05, 3.63) is 113 Å². The molecular weight excluding hydrogens is 877 g/mol. The van der Waals surface area contributed by atoms with Crippen molar-refractivity contribution < 1.29 is 37.5 Å². The summed E-state index contributed by atoms with van der Waals surface area (Å²) in [5.41, 5.74) is 3.14. The highest BCUT2D eigenvalue weighted by Gasteiger charge is 2.43. The molecule has 5 aliphatic heterocycles. The molecule has 8 heterocycles. The van der Waals surface area contributed by atoms with Gasteiger partial charge in [-0.25, -0.2) is 18.3 Å². The maximum atomic E-state index is 14.9. The molecule has 4 fully saturated rings. The first kappa shape index (κ1) is 44.5. The van der Waals surface area contributed by atoms with E-state index in [2.05, 4.69) is 36.5 Å². The molecule has 19 heteroatoms. The normalized spacial score (nSPS) is 19.9. The molecule has 5 aromatic rings. The number of piperidine rings is 2. The third kappa shape index (κ3) is 8.49. The molecule has 350 valence electrons. The number of hydrogen-bond acceptors (Lipinski definition) is 12. The molecule has 2 N–H and O–H groups in total. The SMILES string of the molecule is CCOc1cc(-c2ccc(N3CCC(CN4CCN(C5CN(C(=O)c6ccc7c(c6)CN(C6CCC(=O)NC6=O)C7=O)C5)CC4)(NC(=O)c4cc(F)ccc4F)CC3)nc2)c2c(C#N)cnn2c1. The highest BCUT2D eigenvalue weighted by Crippen LogP contribution is 2.34. The minimum Gasteiger partial charge on any atom is -0.492 e. The number of likely N-dealkylation sites (tertiary alicyclic amines) is 1. The van der Waals surface area contributed by atoms with E-state index < -0.39 is 35.0 Å². The molecule has 2 aromatic carbocycles. The number of rotatable bonds is 11. The van der Waals surface area contributed by atoms with Gasteiger partial charge in [-0.3, -0.25) is 39.1 Å². The molecule has 4 saturated heterocycles. The van der Waals surface area contributed by atoms with Crippen LogP contribution in [0.25, 0.3) is 16.6 Å². The van der Waals surface area contributed by atoms with Crippen molar-refractivity contribution in [1.82, 2.24) is 44.8 Å². The highest BCUT2D eigenvalue weighted by molar-refractivity contribution is 6.06. The number of nitrogens with zero attached hydrogens (tertiary/aromatic N) is 9. The average Bonchev–Trinajstić information content (AvgIpc) is 3.89. The molecule has 5 amide bonds. The van der Waals surface area contributed by atoms with Gasteiger partial charge in [0.2, 0.25) is 11.8 Å². The summed E-state index contributed by atoms with van der Waals surface area (Å²) in [5.74, 6) is -2.07. The van der Waals surface area contributed by atoms with E-state index in [0.717, 1.165) is 48.2 Å². The summed E-state index contributed by atoms with van der Waals surface area (Å²) in [7, 11) is 0. The molecule has 10 rings (SSSR count). The van der Waals surface area contributed by atoms with E-state index >= 15 is 0 Å². The number of carbonyl (C=O) groups excluding carboxylic acids is 5. The average molecular weight is 926 g/mol. The summed E-state index contributed by atoms with van der Waals surface area (Å²) >= 11 is 0. The predicted octanol–water partition coefficient (Wildman–Crippen LogP) is 3.62. The largest absolute Gasteiger partial charge is 0.492 e. The molecule has 0 bridgehead atoms. The first-order chi connectivity index (χ1) is 32.9. The number of carbonyl (C=O) groups is 5. The second-order valence-corrected chi connectivity index (χ2v) is 18.2. The van der Waals surface area contributed by atoms with Gasteiger partial charge in [-0.2, -0.15) is 10.4 Å². The van der Waals surface area contributed by atoms with E-state index in [9.17, 15) is 38.0 Å². The fourth-order valence-corrected chi connectivity index (χ4v) is 10.3. The van der Waals surface area contributed by atoms with Gasteiger partial charge in [0.05, 0.1) is 41.2 Å². The molecule has 0 radical (unpaired) electrons. The van der Waals surface area contributed by atoms with Gasteiger partial charge in [0, 0.05) is 106 Å². The number of amides is 5. The van der Waals surface area contributed by atoms with Crippen LogP contribution < -0.4 is 20.3 Å². The number of ether oxygens (including phenoxy) is 1. The summed E-state index contributed by atoms with van der Waals surface area (Å²) in [6, 6.07) is 15.3. The van der Waals surface area contributed by atoms with E-state index in [1.807, 2.05) is 25.1 Å². The van der Waals surface area contributed by atoms with E-state index in [1.54, 1.807) is 40.0 Å². The molecule has 1 atom stereocenters. The highest BCUT2D eigenvalue weighted by atomic mass is 19.1. The smallest absolute Gasteiger partial charge is 0.255 e. The Balaban J connectivity index is 0.771. The van der Waals surface area contributed by atoms with Gasteiger partial charge < -0.3 is 24.8 Å². The Hall–Kier alpha value is -7.30. The third-order valence-corrected chi connectivity index (χ3v) is 14.0. The zero-order valence-electron chi connectivity index (χ0n) is 37.4.